The van der Waals surface area contributed by atoms with Crippen molar-refractivity contribution >= 4 is 34.7 Å². The second-order valence-corrected chi connectivity index (χ2v) is 11.0. The zero-order chi connectivity index (χ0) is 25.6. The lowest BCUT2D eigenvalue weighted by atomic mass is 9.94. The van der Waals surface area contributed by atoms with Gasteiger partial charge in [0.1, 0.15) is 30.0 Å². The zero-order valence-corrected chi connectivity index (χ0v) is 21.1. The van der Waals surface area contributed by atoms with E-state index in [1.165, 1.54) is 0 Å². The molecule has 2 unspecified atom stereocenters. The molecule has 2 atom stereocenters. The van der Waals surface area contributed by atoms with Crippen LogP contribution in [0.2, 0.25) is 0 Å². The van der Waals surface area contributed by atoms with E-state index in [9.17, 15) is 9.59 Å². The largest absolute Gasteiger partial charge is 0.485 e. The Labute approximate surface area is 219 Å². The molecular weight excluding hydrogens is 482 g/mol. The second-order valence-electron chi connectivity index (χ2n) is 11.0. The lowest BCUT2D eigenvalue weighted by Gasteiger charge is -2.31. The number of hydrogen-bond donors (Lipinski definition) is 1. The molecule has 192 valence electrons. The van der Waals surface area contributed by atoms with Crippen molar-refractivity contribution in [3.63, 3.8) is 0 Å². The molecule has 1 aromatic carbocycles. The third kappa shape index (κ3) is 3.17. The first-order valence-corrected chi connectivity index (χ1v) is 13.3. The fraction of sp³-hybridized carbons (Fsp3) is 0.379. The Morgan fingerprint density at radius 2 is 1.97 bits per heavy atom. The Morgan fingerprint density at radius 1 is 1.08 bits per heavy atom. The van der Waals surface area contributed by atoms with E-state index in [-0.39, 0.29) is 29.4 Å². The summed E-state index contributed by atoms with van der Waals surface area (Å²) in [7, 11) is 0. The lowest BCUT2D eigenvalue weighted by Crippen LogP contribution is -2.41. The highest BCUT2D eigenvalue weighted by molar-refractivity contribution is 6.04. The van der Waals surface area contributed by atoms with Gasteiger partial charge in [-0.2, -0.15) is 0 Å². The highest BCUT2D eigenvalue weighted by Crippen LogP contribution is 2.58. The molecule has 0 bridgehead atoms. The molecule has 2 aromatic heterocycles. The molecule has 2 saturated heterocycles. The maximum atomic E-state index is 13.1. The summed E-state index contributed by atoms with van der Waals surface area (Å²) < 4.78 is 12.2. The molecule has 9 nitrogen and oxygen atoms in total. The average molecular weight is 510 g/mol. The van der Waals surface area contributed by atoms with E-state index in [0.29, 0.717) is 24.7 Å². The summed E-state index contributed by atoms with van der Waals surface area (Å²) in [5.41, 5.74) is 5.19. The zero-order valence-electron chi connectivity index (χ0n) is 21.1. The van der Waals surface area contributed by atoms with Crippen LogP contribution in [0.25, 0.3) is 11.1 Å². The highest BCUT2D eigenvalue weighted by atomic mass is 16.5. The van der Waals surface area contributed by atoms with Crippen LogP contribution in [-0.2, 0) is 9.59 Å². The molecule has 4 aliphatic heterocycles. The van der Waals surface area contributed by atoms with Gasteiger partial charge in [-0.15, -0.1) is 0 Å². The minimum absolute atomic E-state index is 0.0820. The Balaban J connectivity index is 1.09. The molecule has 6 heterocycles. The van der Waals surface area contributed by atoms with E-state index in [2.05, 4.69) is 15.3 Å². The smallest absolute Gasteiger partial charge is 0.238 e. The van der Waals surface area contributed by atoms with Gasteiger partial charge in [0.25, 0.3) is 0 Å². The molecule has 38 heavy (non-hydrogen) atoms. The quantitative estimate of drug-likeness (QED) is 0.544. The Morgan fingerprint density at radius 3 is 2.79 bits per heavy atom. The maximum absolute atomic E-state index is 13.1. The van der Waals surface area contributed by atoms with Gasteiger partial charge >= 0.3 is 0 Å². The number of aromatic nitrogens is 2. The third-order valence-corrected chi connectivity index (χ3v) is 8.61. The average Bonchev–Trinajstić information content (AvgIpc) is 3.48. The van der Waals surface area contributed by atoms with Crippen LogP contribution in [-0.4, -0.2) is 41.0 Å². The van der Waals surface area contributed by atoms with E-state index >= 15 is 0 Å². The van der Waals surface area contributed by atoms with E-state index in [0.717, 1.165) is 71.7 Å². The molecule has 1 aliphatic carbocycles. The molecule has 5 aliphatic rings. The molecule has 3 fully saturated rings. The van der Waals surface area contributed by atoms with E-state index in [1.807, 2.05) is 53.3 Å². The topological polar surface area (TPSA) is 96.9 Å². The van der Waals surface area contributed by atoms with Crippen LogP contribution >= 0.6 is 0 Å². The van der Waals surface area contributed by atoms with Gasteiger partial charge in [-0.05, 0) is 56.9 Å². The molecular formula is C29H27N5O4. The summed E-state index contributed by atoms with van der Waals surface area (Å²) >= 11 is 0. The van der Waals surface area contributed by atoms with Crippen LogP contribution in [0.3, 0.4) is 0 Å². The van der Waals surface area contributed by atoms with E-state index in [4.69, 9.17) is 9.47 Å². The number of nitrogens with one attached hydrogen (secondary N) is 1. The Hall–Kier alpha value is -4.14. The predicted molar refractivity (Wildman–Crippen MR) is 141 cm³/mol. The van der Waals surface area contributed by atoms with E-state index < -0.39 is 0 Å². The Bertz CT molecular complexity index is 1530. The number of ether oxygens (including phenoxy) is 2. The molecule has 9 heteroatoms. The first-order valence-electron chi connectivity index (χ1n) is 13.3. The van der Waals surface area contributed by atoms with Crippen molar-refractivity contribution in [2.24, 2.45) is 5.41 Å². The van der Waals surface area contributed by atoms with Gasteiger partial charge in [0.05, 0.1) is 23.3 Å². The number of anilines is 4. The van der Waals surface area contributed by atoms with Crippen LogP contribution < -0.4 is 24.6 Å². The molecule has 3 aromatic rings. The molecule has 1 spiro atoms. The molecule has 1 N–H and O–H groups in total. The van der Waals surface area contributed by atoms with Gasteiger partial charge in [0.2, 0.25) is 17.7 Å². The summed E-state index contributed by atoms with van der Waals surface area (Å²) in [6, 6.07) is 9.98. The summed E-state index contributed by atoms with van der Waals surface area (Å²) in [6.45, 7) is 3.27. The van der Waals surface area contributed by atoms with Gasteiger partial charge in [0, 0.05) is 47.6 Å². The number of carbonyl (C=O) groups excluding carboxylic acids is 2. The SMILES string of the molecule is CC1Oc2cc(N3CCCC3=O)ccc2-c2cnc(Nc3cnc4c(c3)N3C(=O)C5(CC5)CC3CO4)cc21. The molecule has 2 amide bonds. The van der Waals surface area contributed by atoms with Crippen molar-refractivity contribution in [3.05, 3.63) is 48.3 Å². The number of nitrogens with zero attached hydrogens (tertiary/aromatic N) is 4. The van der Waals surface area contributed by atoms with Gasteiger partial charge in [-0.3, -0.25) is 9.59 Å². The maximum Gasteiger partial charge on any atom is 0.238 e. The predicted octanol–water partition coefficient (Wildman–Crippen LogP) is 4.75. The third-order valence-electron chi connectivity index (χ3n) is 8.61. The number of rotatable bonds is 3. The van der Waals surface area contributed by atoms with Crippen molar-refractivity contribution in [2.75, 3.05) is 28.3 Å². The number of pyridine rings is 2. The van der Waals surface area contributed by atoms with Crippen LogP contribution in [0.1, 0.15) is 50.7 Å². The van der Waals surface area contributed by atoms with Crippen LogP contribution in [0.15, 0.2) is 42.7 Å². The molecule has 1 saturated carbocycles. The number of fused-ring (bicyclic) bond motifs is 6. The minimum atomic E-state index is -0.182. The summed E-state index contributed by atoms with van der Waals surface area (Å²) in [4.78, 5) is 38.3. The molecule has 0 radical (unpaired) electrons. The van der Waals surface area contributed by atoms with Gasteiger partial charge in [-0.25, -0.2) is 9.97 Å². The van der Waals surface area contributed by atoms with Crippen molar-refractivity contribution in [3.8, 4) is 22.8 Å². The van der Waals surface area contributed by atoms with Gasteiger partial charge in [0.15, 0.2) is 0 Å². The monoisotopic (exact) mass is 509 g/mol. The fourth-order valence-electron chi connectivity index (χ4n) is 6.45. The first kappa shape index (κ1) is 21.9. The standard InChI is InChI=1S/C29H27N5O4/c1-16-21-11-25(30-14-22(21)20-5-4-18(10-24(20)38-16)33-8-2-3-26(33)35)32-17-9-23-27(31-13-17)37-15-19-12-29(6-7-29)28(36)34(19)23/h4-5,9-11,13-14,16,19H,2-3,6-8,12,15H2,1H3,(H,30,32). The first-order chi connectivity index (χ1) is 18.5. The molecule has 8 rings (SSSR count). The van der Waals surface area contributed by atoms with Gasteiger partial charge in [-0.1, -0.05) is 0 Å². The van der Waals surface area contributed by atoms with Crippen LogP contribution in [0.4, 0.5) is 22.9 Å². The van der Waals surface area contributed by atoms with Crippen molar-refractivity contribution < 1.29 is 19.1 Å². The minimum Gasteiger partial charge on any atom is -0.485 e. The lowest BCUT2D eigenvalue weighted by molar-refractivity contribution is -0.121. The van der Waals surface area contributed by atoms with Crippen LogP contribution in [0, 0.1) is 5.41 Å². The summed E-state index contributed by atoms with van der Waals surface area (Å²) in [6.07, 6.45) is 7.69. The van der Waals surface area contributed by atoms with Gasteiger partial charge < -0.3 is 24.6 Å². The van der Waals surface area contributed by atoms with Crippen LogP contribution in [0.5, 0.6) is 11.6 Å². The van der Waals surface area contributed by atoms with E-state index in [1.54, 1.807) is 6.20 Å². The van der Waals surface area contributed by atoms with Crippen molar-refractivity contribution in [1.29, 1.82) is 0 Å². The highest BCUT2D eigenvalue weighted by Gasteiger charge is 2.61. The number of hydrogen-bond acceptors (Lipinski definition) is 7. The van der Waals surface area contributed by atoms with Crippen molar-refractivity contribution in [1.82, 2.24) is 9.97 Å². The van der Waals surface area contributed by atoms with Crippen molar-refractivity contribution in [2.45, 2.75) is 51.2 Å². The number of benzene rings is 1. The number of carbonyl (C=O) groups is 2. The second kappa shape index (κ2) is 7.69. The summed E-state index contributed by atoms with van der Waals surface area (Å²) in [5, 5.41) is 3.36. The normalized spacial score (nSPS) is 23.8. The summed E-state index contributed by atoms with van der Waals surface area (Å²) in [5.74, 6) is 2.31. The fourth-order valence-corrected chi connectivity index (χ4v) is 6.45. The number of amides is 2. The Kier molecular flexibility index (Phi) is 4.43.